The summed E-state index contributed by atoms with van der Waals surface area (Å²) < 4.78 is 5.08. The van der Waals surface area contributed by atoms with Crippen molar-refractivity contribution in [1.29, 1.82) is 0 Å². The van der Waals surface area contributed by atoms with Crippen LogP contribution in [0.25, 0.3) is 0 Å². The normalized spacial score (nSPS) is 15.2. The Morgan fingerprint density at radius 2 is 2.00 bits per heavy atom. The standard InChI is InChI=1S/C13H20N3O2/c1-2-16(17)13-5-3-11(4-6-13)14-7-8-15-12-9-18-10-12/h3-6,12,14-15H,2,7-10H2,1H3/q-1. The topological polar surface area (TPSA) is 59.6 Å². The first-order valence-corrected chi connectivity index (χ1v) is 6.39. The highest BCUT2D eigenvalue weighted by Gasteiger charge is 2.16. The lowest BCUT2D eigenvalue weighted by Crippen LogP contribution is -2.47. The predicted molar refractivity (Wildman–Crippen MR) is 73.9 cm³/mol. The summed E-state index contributed by atoms with van der Waals surface area (Å²) in [7, 11) is 0. The Morgan fingerprint density at radius 1 is 1.28 bits per heavy atom. The number of nitrogens with one attached hydrogen (secondary N) is 2. The van der Waals surface area contributed by atoms with Gasteiger partial charge >= 0.3 is 0 Å². The lowest BCUT2D eigenvalue weighted by Gasteiger charge is -2.29. The van der Waals surface area contributed by atoms with E-state index in [-0.39, 0.29) is 0 Å². The summed E-state index contributed by atoms with van der Waals surface area (Å²) >= 11 is 0. The quantitative estimate of drug-likeness (QED) is 0.566. The minimum absolute atomic E-state index is 0.472. The monoisotopic (exact) mass is 250 g/mol. The fraction of sp³-hybridized carbons (Fsp3) is 0.538. The highest BCUT2D eigenvalue weighted by Crippen LogP contribution is 2.16. The van der Waals surface area contributed by atoms with Crippen molar-refractivity contribution in [1.82, 2.24) is 5.32 Å². The van der Waals surface area contributed by atoms with Gasteiger partial charge in [-0.2, -0.15) is 0 Å². The number of ether oxygens (including phenoxy) is 1. The van der Waals surface area contributed by atoms with E-state index in [1.54, 1.807) is 0 Å². The lowest BCUT2D eigenvalue weighted by molar-refractivity contribution is -0.00433. The molecule has 0 spiro atoms. The molecule has 1 saturated heterocycles. The van der Waals surface area contributed by atoms with E-state index in [2.05, 4.69) is 10.6 Å². The van der Waals surface area contributed by atoms with Crippen molar-refractivity contribution in [3.63, 3.8) is 0 Å². The van der Waals surface area contributed by atoms with Crippen LogP contribution in [-0.2, 0) is 4.74 Å². The molecular weight excluding hydrogens is 230 g/mol. The molecule has 1 heterocycles. The van der Waals surface area contributed by atoms with Gasteiger partial charge in [0.15, 0.2) is 0 Å². The number of hydrogen-bond acceptors (Lipinski definition) is 5. The second-order valence-corrected chi connectivity index (χ2v) is 4.36. The molecule has 2 N–H and O–H groups in total. The molecule has 0 radical (unpaired) electrons. The Balaban J connectivity index is 1.68. The SMILES string of the molecule is CCN([O-])c1ccc(NCCNC2COC2)cc1. The van der Waals surface area contributed by atoms with Crippen LogP contribution in [0, 0.1) is 5.21 Å². The minimum Gasteiger partial charge on any atom is -0.758 e. The van der Waals surface area contributed by atoms with E-state index in [9.17, 15) is 5.21 Å². The van der Waals surface area contributed by atoms with Crippen LogP contribution < -0.4 is 15.7 Å². The first kappa shape index (κ1) is 13.1. The summed E-state index contributed by atoms with van der Waals surface area (Å²) in [6, 6.07) is 8.07. The molecule has 1 fully saturated rings. The first-order chi connectivity index (χ1) is 8.79. The fourth-order valence-corrected chi connectivity index (χ4v) is 1.76. The Kier molecular flexibility index (Phi) is 4.81. The Bertz CT molecular complexity index is 352. The van der Waals surface area contributed by atoms with Crippen LogP contribution in [0.1, 0.15) is 6.92 Å². The molecule has 1 aromatic carbocycles. The zero-order chi connectivity index (χ0) is 12.8. The third-order valence-electron chi connectivity index (χ3n) is 2.97. The molecule has 2 rings (SSSR count). The fourth-order valence-electron chi connectivity index (χ4n) is 1.76. The lowest BCUT2D eigenvalue weighted by atomic mass is 10.2. The highest BCUT2D eigenvalue weighted by atomic mass is 16.5. The molecule has 1 aromatic rings. The molecule has 0 unspecified atom stereocenters. The van der Waals surface area contributed by atoms with Gasteiger partial charge in [-0.1, -0.05) is 0 Å². The number of nitrogens with zero attached hydrogens (tertiary/aromatic N) is 1. The average Bonchev–Trinajstić information content (AvgIpc) is 2.36. The molecule has 0 aliphatic carbocycles. The molecule has 5 heteroatoms. The van der Waals surface area contributed by atoms with Crippen LogP contribution in [0.2, 0.25) is 0 Å². The van der Waals surface area contributed by atoms with Crippen molar-refractivity contribution in [3.05, 3.63) is 29.5 Å². The Labute approximate surface area is 108 Å². The predicted octanol–water partition coefficient (Wildman–Crippen LogP) is 1.41. The second-order valence-electron chi connectivity index (χ2n) is 4.36. The number of rotatable bonds is 7. The number of hydrogen-bond donors (Lipinski definition) is 2. The number of benzene rings is 1. The summed E-state index contributed by atoms with van der Waals surface area (Å²) in [4.78, 5) is 0. The molecule has 1 aliphatic rings. The van der Waals surface area contributed by atoms with Gasteiger partial charge in [-0.05, 0) is 31.2 Å². The van der Waals surface area contributed by atoms with Crippen LogP contribution in [0.3, 0.4) is 0 Å². The number of anilines is 2. The molecule has 0 saturated carbocycles. The molecule has 0 bridgehead atoms. The summed E-state index contributed by atoms with van der Waals surface area (Å²) in [5.41, 5.74) is 1.74. The maximum atomic E-state index is 11.4. The minimum atomic E-state index is 0.472. The van der Waals surface area contributed by atoms with Crippen molar-refractivity contribution in [3.8, 4) is 0 Å². The van der Waals surface area contributed by atoms with Gasteiger partial charge in [-0.3, -0.25) is 0 Å². The van der Waals surface area contributed by atoms with Crippen LogP contribution in [0.4, 0.5) is 11.4 Å². The van der Waals surface area contributed by atoms with E-state index >= 15 is 0 Å². The molecule has 5 nitrogen and oxygen atoms in total. The van der Waals surface area contributed by atoms with E-state index in [1.807, 2.05) is 31.2 Å². The average molecular weight is 250 g/mol. The summed E-state index contributed by atoms with van der Waals surface area (Å²) in [5, 5.41) is 19.0. The van der Waals surface area contributed by atoms with E-state index in [0.29, 0.717) is 18.3 Å². The van der Waals surface area contributed by atoms with Gasteiger partial charge in [0.1, 0.15) is 0 Å². The van der Waals surface area contributed by atoms with Crippen molar-refractivity contribution >= 4 is 11.4 Å². The molecular formula is C13H20N3O2-. The van der Waals surface area contributed by atoms with Crippen LogP contribution in [-0.4, -0.2) is 38.9 Å². The van der Waals surface area contributed by atoms with E-state index in [0.717, 1.165) is 37.1 Å². The maximum absolute atomic E-state index is 11.4. The van der Waals surface area contributed by atoms with Gasteiger partial charge in [0.2, 0.25) is 0 Å². The largest absolute Gasteiger partial charge is 0.758 e. The molecule has 18 heavy (non-hydrogen) atoms. The summed E-state index contributed by atoms with van der Waals surface area (Å²) in [6.07, 6.45) is 0. The molecule has 100 valence electrons. The Hall–Kier alpha value is -1.30. The van der Waals surface area contributed by atoms with Crippen molar-refractivity contribution in [2.45, 2.75) is 13.0 Å². The van der Waals surface area contributed by atoms with Crippen LogP contribution in [0.5, 0.6) is 0 Å². The summed E-state index contributed by atoms with van der Waals surface area (Å²) in [5.74, 6) is 0. The molecule has 0 atom stereocenters. The maximum Gasteiger partial charge on any atom is 0.0643 e. The van der Waals surface area contributed by atoms with Gasteiger partial charge in [0.05, 0.1) is 19.3 Å². The smallest absolute Gasteiger partial charge is 0.0643 e. The zero-order valence-electron chi connectivity index (χ0n) is 10.7. The van der Waals surface area contributed by atoms with E-state index in [4.69, 9.17) is 4.74 Å². The van der Waals surface area contributed by atoms with Gasteiger partial charge in [-0.15, -0.1) is 0 Å². The first-order valence-electron chi connectivity index (χ1n) is 6.39. The van der Waals surface area contributed by atoms with E-state index < -0.39 is 0 Å². The third kappa shape index (κ3) is 3.60. The van der Waals surface area contributed by atoms with Gasteiger partial charge in [-0.25, -0.2) is 0 Å². The van der Waals surface area contributed by atoms with Gasteiger partial charge in [0.25, 0.3) is 0 Å². The third-order valence-corrected chi connectivity index (χ3v) is 2.97. The van der Waals surface area contributed by atoms with Gasteiger partial charge < -0.3 is 25.6 Å². The highest BCUT2D eigenvalue weighted by molar-refractivity contribution is 5.55. The number of hydroxylamine groups is 1. The van der Waals surface area contributed by atoms with E-state index in [1.165, 1.54) is 0 Å². The summed E-state index contributed by atoms with van der Waals surface area (Å²) in [6.45, 7) is 5.74. The van der Waals surface area contributed by atoms with Crippen LogP contribution >= 0.6 is 0 Å². The zero-order valence-corrected chi connectivity index (χ0v) is 10.7. The second kappa shape index (κ2) is 6.58. The molecule has 0 aromatic heterocycles. The van der Waals surface area contributed by atoms with Crippen LogP contribution in [0.15, 0.2) is 24.3 Å². The van der Waals surface area contributed by atoms with Crippen molar-refractivity contribution < 1.29 is 4.74 Å². The molecule has 1 aliphatic heterocycles. The van der Waals surface area contributed by atoms with Crippen molar-refractivity contribution in [2.24, 2.45) is 0 Å². The Morgan fingerprint density at radius 3 is 2.56 bits per heavy atom. The van der Waals surface area contributed by atoms with Gasteiger partial charge in [0, 0.05) is 31.0 Å². The van der Waals surface area contributed by atoms with Crippen molar-refractivity contribution in [2.75, 3.05) is 43.2 Å². The molecule has 0 amide bonds.